The fourth-order valence-corrected chi connectivity index (χ4v) is 6.31. The minimum Gasteiger partial charge on any atom is -0.387 e. The van der Waals surface area contributed by atoms with Crippen molar-refractivity contribution in [2.45, 2.75) is 25.4 Å². The molecule has 0 unspecified atom stereocenters. The van der Waals surface area contributed by atoms with Crippen molar-refractivity contribution >= 4 is 40.5 Å². The number of rotatable bonds is 10. The predicted octanol–water partition coefficient (Wildman–Crippen LogP) is 3.81. The monoisotopic (exact) mass is 603 g/mol. The Balaban J connectivity index is 1.16. The number of imide groups is 1. The predicted molar refractivity (Wildman–Crippen MR) is 165 cm³/mol. The number of fused-ring (bicyclic) bond motifs is 2. The molecule has 1 fully saturated rings. The van der Waals surface area contributed by atoms with Gasteiger partial charge in [0, 0.05) is 44.4 Å². The van der Waals surface area contributed by atoms with Crippen molar-refractivity contribution in [3.8, 4) is 0 Å². The van der Waals surface area contributed by atoms with Crippen molar-refractivity contribution in [2.75, 3.05) is 51.8 Å². The number of likely N-dealkylation sites (tertiary alicyclic amines) is 1. The highest BCUT2D eigenvalue weighted by atomic mass is 35.5. The molecule has 3 aromatic rings. The van der Waals surface area contributed by atoms with E-state index in [0.29, 0.717) is 63.9 Å². The highest BCUT2D eigenvalue weighted by molar-refractivity contribution is 6.30. The second-order valence-electron chi connectivity index (χ2n) is 11.3. The summed E-state index contributed by atoms with van der Waals surface area (Å²) in [6, 6.07) is 12.1. The molecule has 6 rings (SSSR count). The van der Waals surface area contributed by atoms with Gasteiger partial charge in [0.2, 0.25) is 0 Å². The molecular formula is C32H34ClN5O5. The average Bonchev–Trinajstić information content (AvgIpc) is 3.52. The molecule has 224 valence electrons. The number of pyridine rings is 1. The molecule has 0 aliphatic carbocycles. The van der Waals surface area contributed by atoms with Gasteiger partial charge in [-0.2, -0.15) is 0 Å². The number of aromatic amines is 1. The van der Waals surface area contributed by atoms with Crippen molar-refractivity contribution in [3.05, 3.63) is 91.9 Å². The summed E-state index contributed by atoms with van der Waals surface area (Å²) in [6.45, 7) is 4.01. The van der Waals surface area contributed by atoms with Crippen LogP contribution in [0.25, 0.3) is 0 Å². The maximum absolute atomic E-state index is 13.4. The zero-order valence-electron chi connectivity index (χ0n) is 23.9. The fourth-order valence-electron chi connectivity index (χ4n) is 6.11. The number of aliphatic hydroxyl groups excluding tert-OH is 1. The van der Waals surface area contributed by atoms with Gasteiger partial charge in [0.25, 0.3) is 17.4 Å². The quantitative estimate of drug-likeness (QED) is 0.301. The van der Waals surface area contributed by atoms with E-state index in [9.17, 15) is 19.5 Å². The molecule has 43 heavy (non-hydrogen) atoms. The van der Waals surface area contributed by atoms with Gasteiger partial charge in [0.15, 0.2) is 0 Å². The highest BCUT2D eigenvalue weighted by Gasteiger charge is 2.39. The van der Waals surface area contributed by atoms with Crippen molar-refractivity contribution in [3.63, 3.8) is 0 Å². The lowest BCUT2D eigenvalue weighted by Crippen LogP contribution is -2.41. The molecule has 10 nitrogen and oxygen atoms in total. The zero-order chi connectivity index (χ0) is 30.1. The number of anilines is 1. The number of aromatic nitrogens is 1. The summed E-state index contributed by atoms with van der Waals surface area (Å²) in [5.41, 5.74) is 3.85. The van der Waals surface area contributed by atoms with Gasteiger partial charge in [-0.3, -0.25) is 24.3 Å². The lowest BCUT2D eigenvalue weighted by atomic mass is 9.96. The van der Waals surface area contributed by atoms with Gasteiger partial charge in [-0.15, -0.1) is 0 Å². The second-order valence-corrected chi connectivity index (χ2v) is 11.7. The van der Waals surface area contributed by atoms with Crippen LogP contribution in [-0.4, -0.2) is 83.9 Å². The van der Waals surface area contributed by atoms with Gasteiger partial charge in [-0.1, -0.05) is 23.7 Å². The minimum atomic E-state index is -0.847. The third-order valence-electron chi connectivity index (χ3n) is 8.51. The number of ether oxygens (including phenoxy) is 1. The Hall–Kier alpha value is -3.83. The third-order valence-corrected chi connectivity index (χ3v) is 8.75. The van der Waals surface area contributed by atoms with Crippen molar-refractivity contribution in [1.82, 2.24) is 14.8 Å². The minimum absolute atomic E-state index is 0.149. The molecule has 4 heterocycles. The van der Waals surface area contributed by atoms with Crippen LogP contribution in [0.2, 0.25) is 5.02 Å². The normalized spacial score (nSPS) is 17.7. The SMILES string of the molecule is COCCN1CCC(CN2C(=O)c3cc4c(cc3C2=O)N=C(c2c(NC[C@@H](O)c3cccc(Cl)c3)cc[nH]c2=O)C4)CC1. The van der Waals surface area contributed by atoms with Crippen LogP contribution in [0.15, 0.2) is 58.4 Å². The van der Waals surface area contributed by atoms with E-state index in [2.05, 4.69) is 15.2 Å². The van der Waals surface area contributed by atoms with Crippen molar-refractivity contribution < 1.29 is 19.4 Å². The standard InChI is InChI=1S/C32H34ClN5O5/c1-43-12-11-37-9-6-19(7-10-37)18-38-31(41)23-14-21-15-27(36-26(21)16-24(23)32(38)42)29-25(5-8-34-30(29)40)35-17-28(39)20-3-2-4-22(33)13-20/h2-5,8,13-14,16,19,28,39H,6-7,9-12,15,17-18H2,1H3,(H2,34,35,40)/t28-/m1/s1. The molecule has 0 bridgehead atoms. The molecule has 3 aliphatic heterocycles. The van der Waals surface area contributed by atoms with Crippen LogP contribution in [0, 0.1) is 5.92 Å². The molecule has 1 saturated heterocycles. The number of nitrogens with one attached hydrogen (secondary N) is 2. The number of benzene rings is 2. The molecule has 1 aromatic heterocycles. The van der Waals surface area contributed by atoms with Gasteiger partial charge in [0.05, 0.1) is 46.5 Å². The van der Waals surface area contributed by atoms with Gasteiger partial charge in [-0.25, -0.2) is 0 Å². The van der Waals surface area contributed by atoms with Crippen molar-refractivity contribution in [1.29, 1.82) is 0 Å². The number of aliphatic imine (C=N–C) groups is 1. The van der Waals surface area contributed by atoms with Gasteiger partial charge >= 0.3 is 0 Å². The van der Waals surface area contributed by atoms with Gasteiger partial charge < -0.3 is 25.0 Å². The number of hydrogen-bond donors (Lipinski definition) is 3. The zero-order valence-corrected chi connectivity index (χ0v) is 24.7. The smallest absolute Gasteiger partial charge is 0.261 e. The summed E-state index contributed by atoms with van der Waals surface area (Å²) < 4.78 is 5.18. The third kappa shape index (κ3) is 6.01. The van der Waals surface area contributed by atoms with E-state index in [4.69, 9.17) is 21.3 Å². The number of H-pyrrole nitrogens is 1. The van der Waals surface area contributed by atoms with E-state index in [-0.39, 0.29) is 29.8 Å². The second kappa shape index (κ2) is 12.4. The van der Waals surface area contributed by atoms with Gasteiger partial charge in [-0.05, 0) is 73.3 Å². The molecule has 3 N–H and O–H groups in total. The van der Waals surface area contributed by atoms with E-state index < -0.39 is 6.10 Å². The molecule has 1 atom stereocenters. The van der Waals surface area contributed by atoms with Crippen LogP contribution in [0.1, 0.15) is 56.4 Å². The number of nitrogens with zero attached hydrogens (tertiary/aromatic N) is 3. The number of aliphatic hydroxyl groups is 1. The molecule has 11 heteroatoms. The van der Waals surface area contributed by atoms with Crippen molar-refractivity contribution in [2.24, 2.45) is 10.9 Å². The van der Waals surface area contributed by atoms with E-state index in [1.165, 1.54) is 11.1 Å². The van der Waals surface area contributed by atoms with E-state index in [1.807, 2.05) is 0 Å². The lowest BCUT2D eigenvalue weighted by Gasteiger charge is -2.33. The Labute approximate surface area is 254 Å². The number of piperidine rings is 1. The van der Waals surface area contributed by atoms with E-state index in [1.54, 1.807) is 49.6 Å². The number of carbonyl (C=O) groups excluding carboxylic acids is 2. The summed E-state index contributed by atoms with van der Waals surface area (Å²) in [5.74, 6) is -0.290. The summed E-state index contributed by atoms with van der Waals surface area (Å²) in [7, 11) is 1.70. The summed E-state index contributed by atoms with van der Waals surface area (Å²) in [6.07, 6.45) is 2.88. The van der Waals surface area contributed by atoms with Crippen LogP contribution in [0.3, 0.4) is 0 Å². The Bertz CT molecular complexity index is 1650. The van der Waals surface area contributed by atoms with Crippen LogP contribution in [-0.2, 0) is 11.2 Å². The Morgan fingerprint density at radius 1 is 1.12 bits per heavy atom. The maximum atomic E-state index is 13.4. The molecule has 0 saturated carbocycles. The highest BCUT2D eigenvalue weighted by Crippen LogP contribution is 2.36. The maximum Gasteiger partial charge on any atom is 0.261 e. The molecule has 2 aromatic carbocycles. The molecular weight excluding hydrogens is 570 g/mol. The molecule has 0 radical (unpaired) electrons. The van der Waals surface area contributed by atoms with Gasteiger partial charge in [0.1, 0.15) is 0 Å². The molecule has 0 spiro atoms. The number of methoxy groups -OCH3 is 1. The average molecular weight is 604 g/mol. The van der Waals surface area contributed by atoms with Crippen LogP contribution >= 0.6 is 11.6 Å². The summed E-state index contributed by atoms with van der Waals surface area (Å²) in [4.78, 5) is 50.9. The largest absolute Gasteiger partial charge is 0.387 e. The van der Waals surface area contributed by atoms with Crippen LogP contribution in [0.4, 0.5) is 11.4 Å². The Kier molecular flexibility index (Phi) is 8.45. The number of halogens is 1. The van der Waals surface area contributed by atoms with Crippen LogP contribution in [0.5, 0.6) is 0 Å². The topological polar surface area (TPSA) is 127 Å². The first-order valence-corrected chi connectivity index (χ1v) is 14.9. The summed E-state index contributed by atoms with van der Waals surface area (Å²) >= 11 is 6.07. The number of carbonyl (C=O) groups is 2. The fraction of sp³-hybridized carbons (Fsp3) is 0.375. The van der Waals surface area contributed by atoms with E-state index >= 15 is 0 Å². The summed E-state index contributed by atoms with van der Waals surface area (Å²) in [5, 5.41) is 14.4. The molecule has 2 amide bonds. The Morgan fingerprint density at radius 3 is 2.63 bits per heavy atom. The Morgan fingerprint density at radius 2 is 1.88 bits per heavy atom. The lowest BCUT2D eigenvalue weighted by molar-refractivity contribution is 0.0588. The van der Waals surface area contributed by atoms with E-state index in [0.717, 1.165) is 38.0 Å². The van der Waals surface area contributed by atoms with Crippen LogP contribution < -0.4 is 10.9 Å². The first kappa shape index (κ1) is 29.3. The molecule has 3 aliphatic rings. The number of hydrogen-bond acceptors (Lipinski definition) is 8. The first-order valence-electron chi connectivity index (χ1n) is 14.5. The number of amides is 2. The first-order chi connectivity index (χ1) is 20.8.